The Balaban J connectivity index is 1.73. The van der Waals surface area contributed by atoms with Crippen molar-refractivity contribution in [2.24, 2.45) is 11.8 Å². The van der Waals surface area contributed by atoms with Gasteiger partial charge in [0, 0.05) is 19.6 Å². The van der Waals surface area contributed by atoms with E-state index in [1.807, 2.05) is 25.1 Å². The molecular formula is C22H36N2O2. The molecule has 0 saturated carbocycles. The zero-order valence-electron chi connectivity index (χ0n) is 17.2. The fourth-order valence-electron chi connectivity index (χ4n) is 3.88. The van der Waals surface area contributed by atoms with E-state index in [1.165, 1.54) is 30.6 Å². The molecule has 4 nitrogen and oxygen atoms in total. The van der Waals surface area contributed by atoms with Crippen molar-refractivity contribution in [2.75, 3.05) is 26.2 Å². The highest BCUT2D eigenvalue weighted by molar-refractivity contribution is 5.81. The minimum absolute atomic E-state index is 0.00823. The number of hydrogen-bond acceptors (Lipinski definition) is 3. The number of likely N-dealkylation sites (tertiary alicyclic amines) is 1. The molecule has 4 heteroatoms. The second kappa shape index (κ2) is 9.96. The van der Waals surface area contributed by atoms with E-state index >= 15 is 0 Å². The topological polar surface area (TPSA) is 41.6 Å². The van der Waals surface area contributed by atoms with Crippen LogP contribution in [0.2, 0.25) is 0 Å². The lowest BCUT2D eigenvalue weighted by molar-refractivity contribution is -0.128. The third kappa shape index (κ3) is 6.31. The maximum atomic E-state index is 12.4. The van der Waals surface area contributed by atoms with Crippen molar-refractivity contribution in [1.29, 1.82) is 0 Å². The smallest absolute Gasteiger partial charge is 0.261 e. The molecule has 3 atom stereocenters. The summed E-state index contributed by atoms with van der Waals surface area (Å²) < 4.78 is 5.91. The van der Waals surface area contributed by atoms with Crippen LogP contribution in [0.4, 0.5) is 0 Å². The van der Waals surface area contributed by atoms with Crippen molar-refractivity contribution in [2.45, 2.75) is 60.0 Å². The van der Waals surface area contributed by atoms with Crippen LogP contribution in [0, 0.1) is 25.7 Å². The first-order valence-electron chi connectivity index (χ1n) is 10.1. The third-order valence-electron chi connectivity index (χ3n) is 5.31. The van der Waals surface area contributed by atoms with Gasteiger partial charge in [0.25, 0.3) is 5.91 Å². The van der Waals surface area contributed by atoms with Gasteiger partial charge < -0.3 is 15.0 Å². The number of carbonyl (C=O) groups excluding carboxylic acids is 1. The fraction of sp³-hybridized carbons (Fsp3) is 0.682. The predicted molar refractivity (Wildman–Crippen MR) is 108 cm³/mol. The van der Waals surface area contributed by atoms with Gasteiger partial charge >= 0.3 is 0 Å². The predicted octanol–water partition coefficient (Wildman–Crippen LogP) is 3.95. The van der Waals surface area contributed by atoms with E-state index in [9.17, 15) is 4.79 Å². The largest absolute Gasteiger partial charge is 0.481 e. The summed E-state index contributed by atoms with van der Waals surface area (Å²) >= 11 is 0. The molecule has 1 fully saturated rings. The average Bonchev–Trinajstić information content (AvgIpc) is 2.58. The summed E-state index contributed by atoms with van der Waals surface area (Å²) in [5, 5.41) is 3.05. The van der Waals surface area contributed by atoms with Crippen molar-refractivity contribution < 1.29 is 9.53 Å². The number of hydrogen-bond donors (Lipinski definition) is 1. The summed E-state index contributed by atoms with van der Waals surface area (Å²) in [6.45, 7) is 14.9. The summed E-state index contributed by atoms with van der Waals surface area (Å²) in [4.78, 5) is 15.0. The van der Waals surface area contributed by atoms with Gasteiger partial charge in [-0.05, 0) is 74.8 Å². The van der Waals surface area contributed by atoms with Crippen LogP contribution in [0.1, 0.15) is 51.2 Å². The Morgan fingerprint density at radius 2 is 1.92 bits per heavy atom. The first kappa shape index (κ1) is 20.8. The van der Waals surface area contributed by atoms with Crippen LogP contribution in [0.25, 0.3) is 0 Å². The molecule has 0 aliphatic carbocycles. The van der Waals surface area contributed by atoms with Crippen LogP contribution in [0.5, 0.6) is 5.75 Å². The number of amides is 1. The molecule has 1 aromatic rings. The van der Waals surface area contributed by atoms with Gasteiger partial charge in [0.1, 0.15) is 5.75 Å². The summed E-state index contributed by atoms with van der Waals surface area (Å²) in [6, 6.07) is 5.98. The maximum absolute atomic E-state index is 12.4. The number of carbonyl (C=O) groups is 1. The Labute approximate surface area is 159 Å². The molecule has 1 heterocycles. The Hall–Kier alpha value is -1.55. The molecule has 146 valence electrons. The van der Waals surface area contributed by atoms with Crippen molar-refractivity contribution in [3.8, 4) is 5.75 Å². The van der Waals surface area contributed by atoms with Crippen molar-refractivity contribution in [3.63, 3.8) is 0 Å². The highest BCUT2D eigenvalue weighted by Crippen LogP contribution is 2.21. The monoisotopic (exact) mass is 360 g/mol. The second-order valence-electron chi connectivity index (χ2n) is 8.11. The number of rotatable bonds is 8. The van der Waals surface area contributed by atoms with Gasteiger partial charge in [-0.3, -0.25) is 4.79 Å². The van der Waals surface area contributed by atoms with Gasteiger partial charge in [0.15, 0.2) is 6.10 Å². The molecule has 1 N–H and O–H groups in total. The molecule has 1 saturated heterocycles. The lowest BCUT2D eigenvalue weighted by Gasteiger charge is -2.35. The van der Waals surface area contributed by atoms with Crippen LogP contribution in [0.15, 0.2) is 18.2 Å². The van der Waals surface area contributed by atoms with Crippen LogP contribution in [-0.2, 0) is 4.79 Å². The summed E-state index contributed by atoms with van der Waals surface area (Å²) in [7, 11) is 0. The van der Waals surface area contributed by atoms with Gasteiger partial charge in [-0.25, -0.2) is 0 Å². The number of nitrogens with zero attached hydrogens (tertiary/aromatic N) is 1. The van der Waals surface area contributed by atoms with Gasteiger partial charge in [-0.2, -0.15) is 0 Å². The van der Waals surface area contributed by atoms with Crippen LogP contribution in [0.3, 0.4) is 0 Å². The molecular weight excluding hydrogens is 324 g/mol. The molecule has 1 aliphatic heterocycles. The molecule has 1 aliphatic rings. The molecule has 0 bridgehead atoms. The Morgan fingerprint density at radius 3 is 2.54 bits per heavy atom. The van der Waals surface area contributed by atoms with E-state index in [4.69, 9.17) is 4.74 Å². The maximum Gasteiger partial charge on any atom is 0.261 e. The van der Waals surface area contributed by atoms with E-state index in [1.54, 1.807) is 0 Å². The Morgan fingerprint density at radius 1 is 1.23 bits per heavy atom. The average molecular weight is 361 g/mol. The number of nitrogens with one attached hydrogen (secondary N) is 1. The second-order valence-corrected chi connectivity index (χ2v) is 8.11. The van der Waals surface area contributed by atoms with E-state index in [-0.39, 0.29) is 5.91 Å². The van der Waals surface area contributed by atoms with Gasteiger partial charge in [-0.1, -0.05) is 26.8 Å². The van der Waals surface area contributed by atoms with Crippen LogP contribution < -0.4 is 10.1 Å². The lowest BCUT2D eigenvalue weighted by atomic mass is 9.92. The Bertz CT molecular complexity index is 578. The van der Waals surface area contributed by atoms with E-state index < -0.39 is 6.10 Å². The summed E-state index contributed by atoms with van der Waals surface area (Å²) in [5.41, 5.74) is 2.42. The standard InChI is InChI=1S/C22H36N2O2/c1-6-21(26-20-9-8-18(4)19(5)13-20)22(25)23-10-7-11-24-14-16(2)12-17(3)15-24/h8-9,13,16-17,21H,6-7,10-12,14-15H2,1-5H3,(H,23,25)/t16-,17+,21-/m0/s1. The molecule has 0 unspecified atom stereocenters. The number of aryl methyl sites for hydroxylation is 2. The van der Waals surface area contributed by atoms with Crippen LogP contribution in [-0.4, -0.2) is 43.1 Å². The normalized spacial score (nSPS) is 22.0. The van der Waals surface area contributed by atoms with E-state index in [0.29, 0.717) is 13.0 Å². The Kier molecular flexibility index (Phi) is 7.95. The molecule has 26 heavy (non-hydrogen) atoms. The zero-order chi connectivity index (χ0) is 19.1. The molecule has 0 aromatic heterocycles. The van der Waals surface area contributed by atoms with Crippen molar-refractivity contribution >= 4 is 5.91 Å². The lowest BCUT2D eigenvalue weighted by Crippen LogP contribution is -2.41. The van der Waals surface area contributed by atoms with Crippen molar-refractivity contribution in [3.05, 3.63) is 29.3 Å². The van der Waals surface area contributed by atoms with Crippen molar-refractivity contribution in [1.82, 2.24) is 10.2 Å². The molecule has 2 rings (SSSR count). The number of benzene rings is 1. The SMILES string of the molecule is CC[C@H](Oc1ccc(C)c(C)c1)C(=O)NCCCN1C[C@H](C)C[C@H](C)C1. The summed E-state index contributed by atoms with van der Waals surface area (Å²) in [6.07, 6.45) is 2.57. The quantitative estimate of drug-likeness (QED) is 0.714. The van der Waals surface area contributed by atoms with Gasteiger partial charge in [0.05, 0.1) is 0 Å². The number of ether oxygens (including phenoxy) is 1. The summed E-state index contributed by atoms with van der Waals surface area (Å²) in [5.74, 6) is 2.32. The number of piperidine rings is 1. The molecule has 1 aromatic carbocycles. The molecule has 1 amide bonds. The molecule has 0 radical (unpaired) electrons. The van der Waals surface area contributed by atoms with Gasteiger partial charge in [0.2, 0.25) is 0 Å². The highest BCUT2D eigenvalue weighted by atomic mass is 16.5. The molecule has 0 spiro atoms. The highest BCUT2D eigenvalue weighted by Gasteiger charge is 2.22. The third-order valence-corrected chi connectivity index (χ3v) is 5.31. The zero-order valence-corrected chi connectivity index (χ0v) is 17.2. The minimum atomic E-state index is -0.424. The first-order valence-corrected chi connectivity index (χ1v) is 10.1. The van der Waals surface area contributed by atoms with E-state index in [0.717, 1.165) is 30.6 Å². The van der Waals surface area contributed by atoms with Gasteiger partial charge in [-0.15, -0.1) is 0 Å². The van der Waals surface area contributed by atoms with Crippen LogP contribution >= 0.6 is 0 Å². The first-order chi connectivity index (χ1) is 12.4. The fourth-order valence-corrected chi connectivity index (χ4v) is 3.88. The van der Waals surface area contributed by atoms with E-state index in [2.05, 4.69) is 37.9 Å². The minimum Gasteiger partial charge on any atom is -0.481 e.